The van der Waals surface area contributed by atoms with Crippen molar-refractivity contribution in [3.05, 3.63) is 117 Å². The fourth-order valence-corrected chi connectivity index (χ4v) is 8.04. The van der Waals surface area contributed by atoms with Crippen LogP contribution in [0.2, 0.25) is 10.0 Å². The molecule has 1 amide bonds. The van der Waals surface area contributed by atoms with Crippen LogP contribution in [0.5, 0.6) is 17.2 Å². The zero-order chi connectivity index (χ0) is 37.1. The molecule has 0 fully saturated rings. The topological polar surface area (TPSA) is 109 Å². The molecule has 0 saturated carbocycles. The van der Waals surface area contributed by atoms with Crippen LogP contribution in [0.25, 0.3) is 44.3 Å². The monoisotopic (exact) mass is 765 g/mol. The number of nitrogens with one attached hydrogen (secondary N) is 1. The number of pyridine rings is 1. The van der Waals surface area contributed by atoms with E-state index in [4.69, 9.17) is 52.1 Å². The Labute approximate surface area is 320 Å². The summed E-state index contributed by atoms with van der Waals surface area (Å²) in [7, 11) is 4.70. The largest absolute Gasteiger partial charge is 0.493 e. The van der Waals surface area contributed by atoms with Gasteiger partial charge in [0.15, 0.2) is 23.2 Å². The summed E-state index contributed by atoms with van der Waals surface area (Å²) < 4.78 is 22.3. The highest BCUT2D eigenvalue weighted by atomic mass is 35.5. The molecule has 12 heteroatoms. The molecule has 1 aliphatic rings. The van der Waals surface area contributed by atoms with Crippen molar-refractivity contribution in [3.8, 4) is 38.9 Å². The molecule has 53 heavy (non-hydrogen) atoms. The Morgan fingerprint density at radius 3 is 2.15 bits per heavy atom. The van der Waals surface area contributed by atoms with Gasteiger partial charge in [-0.15, -0.1) is 0 Å². The quantitative estimate of drug-likeness (QED) is 0.137. The fourth-order valence-electron chi connectivity index (χ4n) is 6.49. The Balaban J connectivity index is 1.17. The maximum atomic E-state index is 14.0. The lowest BCUT2D eigenvalue weighted by atomic mass is 9.86. The maximum Gasteiger partial charge on any atom is 0.339 e. The number of carbonyl (C=O) groups is 2. The zero-order valence-electron chi connectivity index (χ0n) is 29.0. The molecular weight excluding hydrogens is 733 g/mol. The van der Waals surface area contributed by atoms with E-state index < -0.39 is 18.5 Å². The molecule has 268 valence electrons. The summed E-state index contributed by atoms with van der Waals surface area (Å²) in [5.74, 6) is 0.398. The Bertz CT molecular complexity index is 2320. The summed E-state index contributed by atoms with van der Waals surface area (Å²) in [5.41, 5.74) is 6.32. The van der Waals surface area contributed by atoms with Gasteiger partial charge in [0.25, 0.3) is 5.91 Å². The molecule has 0 spiro atoms. The number of ether oxygens (including phenoxy) is 4. The molecule has 0 bridgehead atoms. The number of thiazole rings is 1. The predicted octanol–water partition coefficient (Wildman–Crippen LogP) is 10.0. The van der Waals surface area contributed by atoms with E-state index in [9.17, 15) is 9.59 Å². The van der Waals surface area contributed by atoms with Gasteiger partial charge in [-0.1, -0.05) is 89.1 Å². The minimum atomic E-state index is -0.614. The number of amides is 1. The third-order valence-corrected chi connectivity index (χ3v) is 10.5. The van der Waals surface area contributed by atoms with Gasteiger partial charge in [0.1, 0.15) is 0 Å². The van der Waals surface area contributed by atoms with E-state index in [0.29, 0.717) is 72.3 Å². The summed E-state index contributed by atoms with van der Waals surface area (Å²) in [6.45, 7) is -0.527. The van der Waals surface area contributed by atoms with Crippen LogP contribution in [-0.2, 0) is 16.0 Å². The van der Waals surface area contributed by atoms with Crippen LogP contribution in [0, 0.1) is 0 Å². The summed E-state index contributed by atoms with van der Waals surface area (Å²) in [6.07, 6.45) is 4.17. The van der Waals surface area contributed by atoms with Gasteiger partial charge in [-0.3, -0.25) is 10.1 Å². The number of rotatable bonds is 10. The summed E-state index contributed by atoms with van der Waals surface area (Å²) in [5, 5.41) is 4.80. The predicted molar refractivity (Wildman–Crippen MR) is 211 cm³/mol. The van der Waals surface area contributed by atoms with E-state index in [0.717, 1.165) is 40.0 Å². The van der Waals surface area contributed by atoms with Gasteiger partial charge >= 0.3 is 5.97 Å². The first-order chi connectivity index (χ1) is 25.8. The smallest absolute Gasteiger partial charge is 0.339 e. The van der Waals surface area contributed by atoms with E-state index in [-0.39, 0.29) is 0 Å². The average Bonchev–Trinajstić information content (AvgIpc) is 3.58. The SMILES string of the molecule is COc1cc(/C=C2/CCCc3c2nc2ccccc2c3C(=O)OCC(=O)Nc2nc(-c3ccccc3Cl)c(-c3ccccc3Cl)s2)cc(OC)c1OC. The molecule has 1 aliphatic carbocycles. The molecule has 0 aliphatic heterocycles. The molecule has 0 radical (unpaired) electrons. The van der Waals surface area contributed by atoms with Crippen LogP contribution < -0.4 is 19.5 Å². The van der Waals surface area contributed by atoms with E-state index in [1.54, 1.807) is 33.5 Å². The second kappa shape index (κ2) is 15.7. The van der Waals surface area contributed by atoms with Crippen molar-refractivity contribution in [1.29, 1.82) is 0 Å². The van der Waals surface area contributed by atoms with Gasteiger partial charge in [-0.25, -0.2) is 14.8 Å². The van der Waals surface area contributed by atoms with Crippen molar-refractivity contribution >= 4 is 74.1 Å². The van der Waals surface area contributed by atoms with Crippen LogP contribution in [0.1, 0.15) is 40.0 Å². The average molecular weight is 767 g/mol. The lowest BCUT2D eigenvalue weighted by Gasteiger charge is -2.22. The van der Waals surface area contributed by atoms with Gasteiger partial charge in [0.05, 0.1) is 53.7 Å². The molecule has 9 nitrogen and oxygen atoms in total. The van der Waals surface area contributed by atoms with Crippen molar-refractivity contribution < 1.29 is 28.5 Å². The van der Waals surface area contributed by atoms with Gasteiger partial charge in [0, 0.05) is 21.5 Å². The highest BCUT2D eigenvalue weighted by molar-refractivity contribution is 7.19. The number of para-hydroxylation sites is 1. The second-order valence-corrected chi connectivity index (χ2v) is 13.9. The molecule has 0 saturated heterocycles. The Morgan fingerprint density at radius 2 is 1.47 bits per heavy atom. The number of methoxy groups -OCH3 is 3. The normalized spacial score (nSPS) is 13.0. The number of benzene rings is 4. The van der Waals surface area contributed by atoms with E-state index >= 15 is 0 Å². The number of esters is 1. The van der Waals surface area contributed by atoms with Crippen molar-refractivity contribution in [2.75, 3.05) is 33.3 Å². The number of anilines is 1. The number of hydrogen-bond acceptors (Lipinski definition) is 9. The summed E-state index contributed by atoms with van der Waals surface area (Å²) in [6, 6.07) is 25.9. The molecule has 2 heterocycles. The number of aromatic nitrogens is 2. The molecule has 0 unspecified atom stereocenters. The zero-order valence-corrected chi connectivity index (χ0v) is 31.3. The molecule has 1 N–H and O–H groups in total. The van der Waals surface area contributed by atoms with Crippen LogP contribution in [0.3, 0.4) is 0 Å². The van der Waals surface area contributed by atoms with Gasteiger partial charge in [0.2, 0.25) is 5.75 Å². The van der Waals surface area contributed by atoms with Gasteiger partial charge < -0.3 is 18.9 Å². The Hall–Kier alpha value is -5.42. The Kier molecular flexibility index (Phi) is 10.6. The molecule has 2 aromatic heterocycles. The molecular formula is C41H33Cl2N3O6S. The highest BCUT2D eigenvalue weighted by Crippen LogP contribution is 2.44. The van der Waals surface area contributed by atoms with Crippen LogP contribution in [0.15, 0.2) is 84.9 Å². The van der Waals surface area contributed by atoms with E-state index in [2.05, 4.69) is 5.32 Å². The minimum Gasteiger partial charge on any atom is -0.493 e. The standard InChI is InChI=1S/C41H33Cl2N3O6S/c1-49-32-20-23(21-33(50-2)38(32)51-3)19-24-11-10-15-28-35(27-14-6-9-18-31(27)44-36(24)28)40(48)52-22-34(47)45-41-46-37(25-12-4-7-16-29(25)42)39(53-41)26-13-5-8-17-30(26)43/h4-9,12-14,16-21H,10-11,15,22H2,1-3H3,(H,45,46,47)/b24-19-. The van der Waals surface area contributed by atoms with Crippen molar-refractivity contribution in [1.82, 2.24) is 9.97 Å². The molecule has 6 aromatic rings. The third kappa shape index (κ3) is 7.30. The number of halogens is 2. The van der Waals surface area contributed by atoms with Gasteiger partial charge in [-0.2, -0.15) is 0 Å². The first-order valence-corrected chi connectivity index (χ1v) is 18.3. The molecule has 7 rings (SSSR count). The Morgan fingerprint density at radius 1 is 0.811 bits per heavy atom. The highest BCUT2D eigenvalue weighted by Gasteiger charge is 2.27. The second-order valence-electron chi connectivity index (χ2n) is 12.1. The lowest BCUT2D eigenvalue weighted by molar-refractivity contribution is -0.119. The minimum absolute atomic E-state index is 0.309. The summed E-state index contributed by atoms with van der Waals surface area (Å²) >= 11 is 14.4. The van der Waals surface area contributed by atoms with E-state index in [1.165, 1.54) is 11.3 Å². The van der Waals surface area contributed by atoms with Gasteiger partial charge in [-0.05, 0) is 72.4 Å². The number of allylic oxidation sites excluding steroid dienone is 1. The molecule has 0 atom stereocenters. The maximum absolute atomic E-state index is 14.0. The van der Waals surface area contributed by atoms with E-state index in [1.807, 2.05) is 78.9 Å². The van der Waals surface area contributed by atoms with Crippen molar-refractivity contribution in [2.45, 2.75) is 19.3 Å². The van der Waals surface area contributed by atoms with Crippen molar-refractivity contribution in [3.63, 3.8) is 0 Å². The van der Waals surface area contributed by atoms with Crippen LogP contribution >= 0.6 is 34.5 Å². The number of fused-ring (bicyclic) bond motifs is 2. The molecule has 4 aromatic carbocycles. The first-order valence-electron chi connectivity index (χ1n) is 16.7. The fraction of sp³-hybridized carbons (Fsp3) is 0.171. The number of hydrogen-bond donors (Lipinski definition) is 1. The number of carbonyl (C=O) groups excluding carboxylic acids is 2. The van der Waals surface area contributed by atoms with Crippen LogP contribution in [0.4, 0.5) is 5.13 Å². The lowest BCUT2D eigenvalue weighted by Crippen LogP contribution is -2.22. The summed E-state index contributed by atoms with van der Waals surface area (Å²) in [4.78, 5) is 37.7. The first kappa shape index (κ1) is 36.0. The number of nitrogens with zero attached hydrogens (tertiary/aromatic N) is 2. The van der Waals surface area contributed by atoms with Crippen LogP contribution in [-0.4, -0.2) is 49.8 Å². The third-order valence-electron chi connectivity index (χ3n) is 8.86. The van der Waals surface area contributed by atoms with Crippen molar-refractivity contribution in [2.24, 2.45) is 0 Å².